The van der Waals surface area contributed by atoms with Gasteiger partial charge in [0, 0.05) is 12.2 Å². The van der Waals surface area contributed by atoms with Crippen LogP contribution in [0.5, 0.6) is 5.75 Å². The van der Waals surface area contributed by atoms with Gasteiger partial charge in [-0.15, -0.1) is 0 Å². The number of aryl methyl sites for hydroxylation is 1. The molecule has 0 amide bonds. The van der Waals surface area contributed by atoms with E-state index in [0.717, 1.165) is 12.1 Å². The zero-order valence-corrected chi connectivity index (χ0v) is 15.7. The fourth-order valence-corrected chi connectivity index (χ4v) is 2.81. The molecule has 0 unspecified atom stereocenters. The molecule has 1 saturated heterocycles. The molecule has 2 heterocycles. The van der Waals surface area contributed by atoms with Crippen molar-refractivity contribution in [2.75, 3.05) is 20.2 Å². The van der Waals surface area contributed by atoms with Gasteiger partial charge >= 0.3 is 0 Å². The van der Waals surface area contributed by atoms with Crippen molar-refractivity contribution in [1.29, 1.82) is 0 Å². The van der Waals surface area contributed by atoms with Gasteiger partial charge in [-0.1, -0.05) is 29.3 Å². The SMILES string of the molecule is CN1CC[C@@H]1COc1cccnc1Cl.Cc1ccc(S(=O)(=O)O)cc1. The Morgan fingerprint density at radius 3 is 2.48 bits per heavy atom. The van der Waals surface area contributed by atoms with Crippen molar-refractivity contribution in [3.63, 3.8) is 0 Å². The lowest BCUT2D eigenvalue weighted by Gasteiger charge is -2.37. The van der Waals surface area contributed by atoms with E-state index in [1.807, 2.05) is 19.1 Å². The van der Waals surface area contributed by atoms with Crippen LogP contribution in [0, 0.1) is 6.92 Å². The van der Waals surface area contributed by atoms with Gasteiger partial charge in [-0.05, 0) is 51.2 Å². The largest absolute Gasteiger partial charge is 0.489 e. The van der Waals surface area contributed by atoms with Crippen LogP contribution in [0.15, 0.2) is 47.5 Å². The molecular formula is C17H21ClN2O4S. The first-order valence-corrected chi connectivity index (χ1v) is 9.57. The summed E-state index contributed by atoms with van der Waals surface area (Å²) in [6.45, 7) is 3.70. The number of hydrogen-bond donors (Lipinski definition) is 1. The number of benzene rings is 1. The van der Waals surface area contributed by atoms with E-state index in [0.29, 0.717) is 23.6 Å². The summed E-state index contributed by atoms with van der Waals surface area (Å²) in [7, 11) is -1.92. The Bertz CT molecular complexity index is 797. The second-order valence-electron chi connectivity index (χ2n) is 5.81. The first kappa shape index (κ1) is 19.7. The summed E-state index contributed by atoms with van der Waals surface area (Å²) in [5.41, 5.74) is 0.956. The maximum Gasteiger partial charge on any atom is 0.294 e. The topological polar surface area (TPSA) is 79.7 Å². The Kier molecular flexibility index (Phi) is 6.78. The van der Waals surface area contributed by atoms with Crippen LogP contribution >= 0.6 is 11.6 Å². The molecular weight excluding hydrogens is 364 g/mol. The number of halogens is 1. The zero-order chi connectivity index (χ0) is 18.4. The van der Waals surface area contributed by atoms with Gasteiger partial charge in [0.25, 0.3) is 10.1 Å². The van der Waals surface area contributed by atoms with Gasteiger partial charge in [0.1, 0.15) is 6.61 Å². The summed E-state index contributed by atoms with van der Waals surface area (Å²) in [6, 6.07) is 10.2. The van der Waals surface area contributed by atoms with Crippen LogP contribution in [0.1, 0.15) is 12.0 Å². The molecule has 0 bridgehead atoms. The minimum absolute atomic E-state index is 0.0666. The molecule has 1 aromatic carbocycles. The van der Waals surface area contributed by atoms with Crippen LogP contribution < -0.4 is 4.74 Å². The van der Waals surface area contributed by atoms with Crippen molar-refractivity contribution in [1.82, 2.24) is 9.88 Å². The third-order valence-electron chi connectivity index (χ3n) is 3.91. The van der Waals surface area contributed by atoms with Crippen LogP contribution in [0.3, 0.4) is 0 Å². The van der Waals surface area contributed by atoms with E-state index in [9.17, 15) is 8.42 Å². The maximum absolute atomic E-state index is 10.5. The highest BCUT2D eigenvalue weighted by molar-refractivity contribution is 7.85. The Balaban J connectivity index is 0.000000186. The quantitative estimate of drug-likeness (QED) is 0.644. The van der Waals surface area contributed by atoms with E-state index in [2.05, 4.69) is 16.9 Å². The summed E-state index contributed by atoms with van der Waals surface area (Å²) < 4.78 is 35.1. The van der Waals surface area contributed by atoms with E-state index in [-0.39, 0.29) is 4.90 Å². The summed E-state index contributed by atoms with van der Waals surface area (Å²) in [5, 5.41) is 0.439. The molecule has 1 aliphatic rings. The van der Waals surface area contributed by atoms with E-state index in [1.165, 1.54) is 18.6 Å². The summed E-state index contributed by atoms with van der Waals surface area (Å²) >= 11 is 5.86. The molecule has 2 aromatic rings. The molecule has 0 aliphatic carbocycles. The Hall–Kier alpha value is -1.67. The van der Waals surface area contributed by atoms with Crippen molar-refractivity contribution < 1.29 is 17.7 Å². The molecule has 1 aromatic heterocycles. The highest BCUT2D eigenvalue weighted by Crippen LogP contribution is 2.22. The second-order valence-corrected chi connectivity index (χ2v) is 7.59. The van der Waals surface area contributed by atoms with Crippen LogP contribution in [-0.2, 0) is 10.1 Å². The van der Waals surface area contributed by atoms with Crippen molar-refractivity contribution in [2.24, 2.45) is 0 Å². The Morgan fingerprint density at radius 2 is 2.00 bits per heavy atom. The van der Waals surface area contributed by atoms with Gasteiger partial charge < -0.3 is 4.74 Å². The van der Waals surface area contributed by atoms with Crippen LogP contribution in [0.4, 0.5) is 0 Å². The average Bonchev–Trinajstić information content (AvgIpc) is 2.55. The van der Waals surface area contributed by atoms with E-state index in [1.54, 1.807) is 18.3 Å². The van der Waals surface area contributed by atoms with Gasteiger partial charge in [-0.3, -0.25) is 9.45 Å². The molecule has 6 nitrogen and oxygen atoms in total. The first-order valence-electron chi connectivity index (χ1n) is 7.75. The van der Waals surface area contributed by atoms with E-state index < -0.39 is 10.1 Å². The predicted octanol–water partition coefficient (Wildman–Crippen LogP) is 3.06. The van der Waals surface area contributed by atoms with Gasteiger partial charge in [-0.25, -0.2) is 4.98 Å². The summed E-state index contributed by atoms with van der Waals surface area (Å²) in [6.07, 6.45) is 2.86. The van der Waals surface area contributed by atoms with Crippen molar-refractivity contribution in [3.8, 4) is 5.75 Å². The number of hydrogen-bond acceptors (Lipinski definition) is 5. The van der Waals surface area contributed by atoms with E-state index in [4.69, 9.17) is 20.9 Å². The predicted molar refractivity (Wildman–Crippen MR) is 96.8 cm³/mol. The molecule has 8 heteroatoms. The molecule has 0 radical (unpaired) electrons. The smallest absolute Gasteiger partial charge is 0.294 e. The molecule has 1 atom stereocenters. The molecule has 136 valence electrons. The fourth-order valence-electron chi connectivity index (χ4n) is 2.16. The van der Waals surface area contributed by atoms with Crippen LogP contribution in [0.25, 0.3) is 0 Å². The number of likely N-dealkylation sites (tertiary alicyclic amines) is 1. The minimum Gasteiger partial charge on any atom is -0.489 e. The molecule has 1 N–H and O–H groups in total. The van der Waals surface area contributed by atoms with Crippen molar-refractivity contribution in [2.45, 2.75) is 24.3 Å². The number of ether oxygens (including phenoxy) is 1. The van der Waals surface area contributed by atoms with Gasteiger partial charge in [0.05, 0.1) is 4.90 Å². The maximum atomic E-state index is 10.5. The van der Waals surface area contributed by atoms with E-state index >= 15 is 0 Å². The number of nitrogens with zero attached hydrogens (tertiary/aromatic N) is 2. The Labute approximate surface area is 153 Å². The lowest BCUT2D eigenvalue weighted by molar-refractivity contribution is 0.0768. The molecule has 1 aliphatic heterocycles. The standard InChI is InChI=1S/C10H13ClN2O.C7H8O3S/c1-13-6-4-8(13)7-14-9-3-2-5-12-10(9)11;1-6-2-4-7(5-3-6)11(8,9)10/h2-3,5,8H,4,6-7H2,1H3;2-5H,1H3,(H,8,9,10)/t8-;/m1./s1. The zero-order valence-electron chi connectivity index (χ0n) is 14.1. The highest BCUT2D eigenvalue weighted by Gasteiger charge is 2.24. The fraction of sp³-hybridized carbons (Fsp3) is 0.353. The summed E-state index contributed by atoms with van der Waals surface area (Å²) in [4.78, 5) is 6.15. The number of rotatable bonds is 4. The van der Waals surface area contributed by atoms with Crippen molar-refractivity contribution in [3.05, 3.63) is 53.3 Å². The van der Waals surface area contributed by atoms with Crippen LogP contribution in [-0.4, -0.2) is 49.1 Å². The number of aromatic nitrogens is 1. The average molecular weight is 385 g/mol. The third-order valence-corrected chi connectivity index (χ3v) is 5.07. The lowest BCUT2D eigenvalue weighted by atomic mass is 10.1. The number of pyridine rings is 1. The molecule has 0 saturated carbocycles. The molecule has 25 heavy (non-hydrogen) atoms. The van der Waals surface area contributed by atoms with Gasteiger partial charge in [0.2, 0.25) is 0 Å². The lowest BCUT2D eigenvalue weighted by Crippen LogP contribution is -2.48. The minimum atomic E-state index is -4.02. The first-order chi connectivity index (χ1) is 11.8. The highest BCUT2D eigenvalue weighted by atomic mass is 35.5. The monoisotopic (exact) mass is 384 g/mol. The number of likely N-dealkylation sites (N-methyl/N-ethyl adjacent to an activating group) is 1. The summed E-state index contributed by atoms with van der Waals surface area (Å²) in [5.74, 6) is 0.675. The Morgan fingerprint density at radius 1 is 1.32 bits per heavy atom. The second kappa shape index (κ2) is 8.62. The third kappa shape index (κ3) is 5.97. The molecule has 3 rings (SSSR count). The van der Waals surface area contributed by atoms with Crippen molar-refractivity contribution >= 4 is 21.7 Å². The molecule has 0 spiro atoms. The van der Waals surface area contributed by atoms with Gasteiger partial charge in [0.15, 0.2) is 10.9 Å². The van der Waals surface area contributed by atoms with Crippen LogP contribution in [0.2, 0.25) is 5.15 Å². The normalized spacial score (nSPS) is 17.2. The van der Waals surface area contributed by atoms with Gasteiger partial charge in [-0.2, -0.15) is 8.42 Å². The molecule has 1 fully saturated rings.